The second-order valence-electron chi connectivity index (χ2n) is 4.83. The molecule has 1 aromatic rings. The molecule has 0 bridgehead atoms. The Balaban J connectivity index is 1.90. The zero-order valence-corrected chi connectivity index (χ0v) is 11.4. The van der Waals surface area contributed by atoms with Crippen LogP contribution in [0.25, 0.3) is 0 Å². The summed E-state index contributed by atoms with van der Waals surface area (Å²) >= 11 is 1.80. The fraction of sp³-hybridized carbons (Fsp3) is 0.571. The lowest BCUT2D eigenvalue weighted by Gasteiger charge is -2.32. The average Bonchev–Trinajstić information content (AvgIpc) is 2.40. The van der Waals surface area contributed by atoms with Gasteiger partial charge in [0.15, 0.2) is 0 Å². The van der Waals surface area contributed by atoms with Gasteiger partial charge in [-0.1, -0.05) is 12.1 Å². The molecule has 94 valence electrons. The number of nitrogens with two attached hydrogens (primary N) is 1. The van der Waals surface area contributed by atoms with Crippen molar-refractivity contribution in [2.75, 3.05) is 25.9 Å². The van der Waals surface area contributed by atoms with Crippen LogP contribution in [0.4, 0.5) is 0 Å². The van der Waals surface area contributed by atoms with Gasteiger partial charge in [-0.2, -0.15) is 0 Å². The summed E-state index contributed by atoms with van der Waals surface area (Å²) in [5, 5.41) is 0. The monoisotopic (exact) mass is 250 g/mol. The van der Waals surface area contributed by atoms with Crippen LogP contribution in [0.3, 0.4) is 0 Å². The molecule has 0 aromatic heterocycles. The van der Waals surface area contributed by atoms with E-state index in [-0.39, 0.29) is 0 Å². The van der Waals surface area contributed by atoms with Crippen LogP contribution in [-0.4, -0.2) is 30.8 Å². The molecular formula is C14H22N2S. The summed E-state index contributed by atoms with van der Waals surface area (Å²) in [4.78, 5) is 3.88. The van der Waals surface area contributed by atoms with Crippen LogP contribution in [0.1, 0.15) is 18.4 Å². The predicted molar refractivity (Wildman–Crippen MR) is 75.3 cm³/mol. The second kappa shape index (κ2) is 6.43. The minimum Gasteiger partial charge on any atom is -0.330 e. The first kappa shape index (κ1) is 12.9. The van der Waals surface area contributed by atoms with E-state index in [1.807, 2.05) is 0 Å². The van der Waals surface area contributed by atoms with Crippen molar-refractivity contribution in [3.05, 3.63) is 29.8 Å². The van der Waals surface area contributed by atoms with Gasteiger partial charge in [0.1, 0.15) is 0 Å². The summed E-state index contributed by atoms with van der Waals surface area (Å²) in [5.74, 6) is 0.703. The fourth-order valence-corrected chi connectivity index (χ4v) is 2.88. The topological polar surface area (TPSA) is 29.3 Å². The standard InChI is InChI=1S/C14H22N2S/c1-17-14-6-4-12(5-7-14)10-16-8-2-3-13(9-15)11-16/h4-7,13H,2-3,8-11,15H2,1H3. The molecule has 2 rings (SSSR count). The molecule has 1 aliphatic rings. The number of nitrogens with zero attached hydrogens (tertiary/aromatic N) is 1. The molecule has 0 spiro atoms. The van der Waals surface area contributed by atoms with Crippen molar-refractivity contribution in [3.63, 3.8) is 0 Å². The average molecular weight is 250 g/mol. The molecule has 1 atom stereocenters. The highest BCUT2D eigenvalue weighted by Gasteiger charge is 2.18. The van der Waals surface area contributed by atoms with Crippen LogP contribution < -0.4 is 5.73 Å². The van der Waals surface area contributed by atoms with E-state index in [1.54, 1.807) is 11.8 Å². The molecule has 1 saturated heterocycles. The Labute approximate surface area is 109 Å². The highest BCUT2D eigenvalue weighted by atomic mass is 32.2. The van der Waals surface area contributed by atoms with Crippen molar-refractivity contribution in [1.82, 2.24) is 4.90 Å². The minimum absolute atomic E-state index is 0.703. The highest BCUT2D eigenvalue weighted by Crippen LogP contribution is 2.19. The van der Waals surface area contributed by atoms with Gasteiger partial charge in [-0.25, -0.2) is 0 Å². The Morgan fingerprint density at radius 2 is 2.12 bits per heavy atom. The molecule has 0 saturated carbocycles. The zero-order chi connectivity index (χ0) is 12.1. The molecule has 1 unspecified atom stereocenters. The molecule has 17 heavy (non-hydrogen) atoms. The van der Waals surface area contributed by atoms with Crippen LogP contribution in [0.5, 0.6) is 0 Å². The van der Waals surface area contributed by atoms with Gasteiger partial charge in [0.2, 0.25) is 0 Å². The van der Waals surface area contributed by atoms with Crippen molar-refractivity contribution in [3.8, 4) is 0 Å². The number of rotatable bonds is 4. The molecule has 3 heteroatoms. The lowest BCUT2D eigenvalue weighted by molar-refractivity contribution is 0.171. The van der Waals surface area contributed by atoms with Crippen LogP contribution in [0.2, 0.25) is 0 Å². The fourth-order valence-electron chi connectivity index (χ4n) is 2.48. The van der Waals surface area contributed by atoms with E-state index in [2.05, 4.69) is 35.4 Å². The zero-order valence-electron chi connectivity index (χ0n) is 10.6. The molecule has 1 aliphatic heterocycles. The molecule has 1 heterocycles. The Kier molecular flexibility index (Phi) is 4.89. The summed E-state index contributed by atoms with van der Waals surface area (Å²) in [6.07, 6.45) is 4.72. The minimum atomic E-state index is 0.703. The van der Waals surface area contributed by atoms with Gasteiger partial charge >= 0.3 is 0 Å². The normalized spacial score (nSPS) is 21.6. The van der Waals surface area contributed by atoms with E-state index in [0.717, 1.165) is 13.1 Å². The quantitative estimate of drug-likeness (QED) is 0.833. The highest BCUT2D eigenvalue weighted by molar-refractivity contribution is 7.98. The second-order valence-corrected chi connectivity index (χ2v) is 5.71. The SMILES string of the molecule is CSc1ccc(CN2CCCC(CN)C2)cc1. The molecule has 0 radical (unpaired) electrons. The van der Waals surface area contributed by atoms with Crippen LogP contribution in [0.15, 0.2) is 29.2 Å². The van der Waals surface area contributed by atoms with Crippen molar-refractivity contribution in [2.24, 2.45) is 11.7 Å². The molecular weight excluding hydrogens is 228 g/mol. The number of hydrogen-bond donors (Lipinski definition) is 1. The molecule has 2 N–H and O–H groups in total. The first-order chi connectivity index (χ1) is 8.31. The van der Waals surface area contributed by atoms with Gasteiger partial charge in [-0.3, -0.25) is 4.90 Å². The predicted octanol–water partition coefficient (Wildman–Crippen LogP) is 2.58. The van der Waals surface area contributed by atoms with Crippen LogP contribution in [0, 0.1) is 5.92 Å². The summed E-state index contributed by atoms with van der Waals surface area (Å²) in [5.41, 5.74) is 7.18. The first-order valence-corrected chi connectivity index (χ1v) is 7.59. The van der Waals surface area contributed by atoms with Gasteiger partial charge in [0, 0.05) is 18.0 Å². The largest absolute Gasteiger partial charge is 0.330 e. The van der Waals surface area contributed by atoms with Gasteiger partial charge < -0.3 is 5.73 Å². The maximum absolute atomic E-state index is 5.77. The van der Waals surface area contributed by atoms with Crippen LogP contribution in [-0.2, 0) is 6.54 Å². The third kappa shape index (κ3) is 3.73. The number of piperidine rings is 1. The van der Waals surface area contributed by atoms with Crippen LogP contribution >= 0.6 is 11.8 Å². The number of likely N-dealkylation sites (tertiary alicyclic amines) is 1. The summed E-state index contributed by atoms with van der Waals surface area (Å²) in [7, 11) is 0. The molecule has 0 amide bonds. The van der Waals surface area contributed by atoms with E-state index in [4.69, 9.17) is 5.73 Å². The van der Waals surface area contributed by atoms with Crippen molar-refractivity contribution >= 4 is 11.8 Å². The van der Waals surface area contributed by atoms with E-state index in [1.165, 1.54) is 36.4 Å². The van der Waals surface area contributed by atoms with Crippen molar-refractivity contribution in [1.29, 1.82) is 0 Å². The molecule has 1 aromatic carbocycles. The van der Waals surface area contributed by atoms with E-state index in [0.29, 0.717) is 5.92 Å². The maximum atomic E-state index is 5.77. The third-order valence-corrected chi connectivity index (χ3v) is 4.25. The Bertz CT molecular complexity index is 337. The van der Waals surface area contributed by atoms with E-state index >= 15 is 0 Å². The number of thioether (sulfide) groups is 1. The summed E-state index contributed by atoms with van der Waals surface area (Å²) < 4.78 is 0. The van der Waals surface area contributed by atoms with E-state index in [9.17, 15) is 0 Å². The first-order valence-electron chi connectivity index (χ1n) is 6.37. The number of hydrogen-bond acceptors (Lipinski definition) is 3. The molecule has 0 aliphatic carbocycles. The molecule has 1 fully saturated rings. The van der Waals surface area contributed by atoms with Gasteiger partial charge in [-0.05, 0) is 55.8 Å². The summed E-state index contributed by atoms with van der Waals surface area (Å²) in [6, 6.07) is 8.92. The smallest absolute Gasteiger partial charge is 0.0233 e. The number of benzene rings is 1. The maximum Gasteiger partial charge on any atom is 0.0233 e. The summed E-state index contributed by atoms with van der Waals surface area (Å²) in [6.45, 7) is 4.30. The van der Waals surface area contributed by atoms with Gasteiger partial charge in [0.05, 0.1) is 0 Å². The third-order valence-electron chi connectivity index (χ3n) is 3.50. The lowest BCUT2D eigenvalue weighted by Crippen LogP contribution is -2.37. The van der Waals surface area contributed by atoms with Crippen molar-refractivity contribution in [2.45, 2.75) is 24.3 Å². The van der Waals surface area contributed by atoms with Gasteiger partial charge in [0.25, 0.3) is 0 Å². The van der Waals surface area contributed by atoms with E-state index < -0.39 is 0 Å². The van der Waals surface area contributed by atoms with Crippen molar-refractivity contribution < 1.29 is 0 Å². The van der Waals surface area contributed by atoms with Gasteiger partial charge in [-0.15, -0.1) is 11.8 Å². The Morgan fingerprint density at radius 3 is 2.76 bits per heavy atom. The Morgan fingerprint density at radius 1 is 1.35 bits per heavy atom. The lowest BCUT2D eigenvalue weighted by atomic mass is 9.98. The molecule has 2 nitrogen and oxygen atoms in total. The Hall–Kier alpha value is -0.510.